The summed E-state index contributed by atoms with van der Waals surface area (Å²) in [7, 11) is 2.16. The molecule has 1 atom stereocenters. The standard InChI is InChI=1S/C22H32N6/c1-17(27-10-4-3-5-11-27)18-6-8-19(9-7-18)20-16-21(25-22(23)24-20)28-14-12-26(2)13-15-28/h6-9,16-17H,3-5,10-15H2,1-2H3,(H2,23,24,25)/t17-/m0/s1. The zero-order chi connectivity index (χ0) is 19.5. The molecule has 0 saturated carbocycles. The lowest BCUT2D eigenvalue weighted by Crippen LogP contribution is -2.44. The van der Waals surface area contributed by atoms with Crippen molar-refractivity contribution in [2.24, 2.45) is 0 Å². The van der Waals surface area contributed by atoms with Gasteiger partial charge in [-0.25, -0.2) is 4.98 Å². The Morgan fingerprint density at radius 1 is 0.893 bits per heavy atom. The Labute approximate surface area is 168 Å². The third-order valence-electron chi connectivity index (χ3n) is 6.18. The van der Waals surface area contributed by atoms with Crippen LogP contribution in [0.15, 0.2) is 30.3 Å². The van der Waals surface area contributed by atoms with Gasteiger partial charge in [0.25, 0.3) is 0 Å². The van der Waals surface area contributed by atoms with E-state index in [0.29, 0.717) is 12.0 Å². The summed E-state index contributed by atoms with van der Waals surface area (Å²) in [6, 6.07) is 11.4. The highest BCUT2D eigenvalue weighted by atomic mass is 15.3. The van der Waals surface area contributed by atoms with Gasteiger partial charge < -0.3 is 15.5 Å². The molecule has 4 rings (SSSR count). The van der Waals surface area contributed by atoms with Crippen molar-refractivity contribution in [2.75, 3.05) is 56.9 Å². The predicted molar refractivity (Wildman–Crippen MR) is 115 cm³/mol. The number of rotatable bonds is 4. The van der Waals surface area contributed by atoms with Crippen LogP contribution in [-0.2, 0) is 0 Å². The van der Waals surface area contributed by atoms with E-state index in [1.165, 1.54) is 37.9 Å². The van der Waals surface area contributed by atoms with Crippen molar-refractivity contribution in [3.63, 3.8) is 0 Å². The number of piperazine rings is 1. The first-order valence-corrected chi connectivity index (χ1v) is 10.5. The van der Waals surface area contributed by atoms with Crippen LogP contribution in [0.4, 0.5) is 11.8 Å². The number of likely N-dealkylation sites (tertiary alicyclic amines) is 1. The van der Waals surface area contributed by atoms with Gasteiger partial charge in [-0.1, -0.05) is 30.7 Å². The van der Waals surface area contributed by atoms with Gasteiger partial charge in [-0.3, -0.25) is 4.90 Å². The fraction of sp³-hybridized carbons (Fsp3) is 0.545. The first-order chi connectivity index (χ1) is 13.6. The normalized spacial score (nSPS) is 20.3. The minimum absolute atomic E-state index is 0.345. The number of anilines is 2. The third kappa shape index (κ3) is 4.28. The molecule has 2 aliphatic rings. The number of piperidine rings is 1. The predicted octanol–water partition coefficient (Wildman–Crippen LogP) is 3.02. The van der Waals surface area contributed by atoms with Crippen LogP contribution in [0.5, 0.6) is 0 Å². The molecule has 0 spiro atoms. The fourth-order valence-corrected chi connectivity index (χ4v) is 4.25. The maximum Gasteiger partial charge on any atom is 0.222 e. The van der Waals surface area contributed by atoms with Gasteiger partial charge in [-0.15, -0.1) is 0 Å². The summed E-state index contributed by atoms with van der Waals surface area (Å²) >= 11 is 0. The summed E-state index contributed by atoms with van der Waals surface area (Å²) in [5, 5.41) is 0. The van der Waals surface area contributed by atoms with Gasteiger partial charge in [0.1, 0.15) is 5.82 Å². The summed E-state index contributed by atoms with van der Waals surface area (Å²) in [6.07, 6.45) is 4.00. The molecule has 0 amide bonds. The topological polar surface area (TPSA) is 61.5 Å². The molecule has 2 aliphatic heterocycles. The number of hydrogen-bond acceptors (Lipinski definition) is 6. The first kappa shape index (κ1) is 19.2. The highest BCUT2D eigenvalue weighted by Gasteiger charge is 2.19. The highest BCUT2D eigenvalue weighted by molar-refractivity contribution is 5.65. The lowest BCUT2D eigenvalue weighted by Gasteiger charge is -2.33. The Hall–Kier alpha value is -2.18. The molecule has 150 valence electrons. The largest absolute Gasteiger partial charge is 0.368 e. The molecule has 0 aliphatic carbocycles. The van der Waals surface area contributed by atoms with E-state index < -0.39 is 0 Å². The molecule has 28 heavy (non-hydrogen) atoms. The Kier molecular flexibility index (Phi) is 5.78. The average Bonchev–Trinajstić information content (AvgIpc) is 2.74. The highest BCUT2D eigenvalue weighted by Crippen LogP contribution is 2.28. The number of nitrogens with zero attached hydrogens (tertiary/aromatic N) is 5. The SMILES string of the molecule is C[C@@H](c1ccc(-c2cc(N3CCN(C)CC3)nc(N)n2)cc1)N1CCCCC1. The number of likely N-dealkylation sites (N-methyl/N-ethyl adjacent to an activating group) is 1. The molecule has 2 saturated heterocycles. The van der Waals surface area contributed by atoms with E-state index in [4.69, 9.17) is 5.73 Å². The minimum Gasteiger partial charge on any atom is -0.368 e. The fourth-order valence-electron chi connectivity index (χ4n) is 4.25. The quantitative estimate of drug-likeness (QED) is 0.880. The van der Waals surface area contributed by atoms with Crippen LogP contribution in [-0.4, -0.2) is 66.1 Å². The Morgan fingerprint density at radius 3 is 2.25 bits per heavy atom. The smallest absolute Gasteiger partial charge is 0.222 e. The second-order valence-electron chi connectivity index (χ2n) is 8.15. The molecule has 3 heterocycles. The molecule has 0 radical (unpaired) electrons. The Balaban J connectivity index is 1.52. The summed E-state index contributed by atoms with van der Waals surface area (Å²) in [5.74, 6) is 1.28. The van der Waals surface area contributed by atoms with Gasteiger partial charge in [0.05, 0.1) is 5.69 Å². The number of aromatic nitrogens is 2. The van der Waals surface area contributed by atoms with Gasteiger partial charge in [0, 0.05) is 43.9 Å². The summed E-state index contributed by atoms with van der Waals surface area (Å²) < 4.78 is 0. The van der Waals surface area contributed by atoms with Crippen molar-refractivity contribution in [2.45, 2.75) is 32.2 Å². The lowest BCUT2D eigenvalue weighted by atomic mass is 10.0. The van der Waals surface area contributed by atoms with Gasteiger partial charge in [-0.05, 0) is 45.5 Å². The monoisotopic (exact) mass is 380 g/mol. The van der Waals surface area contributed by atoms with Crippen LogP contribution in [0.2, 0.25) is 0 Å². The maximum absolute atomic E-state index is 6.04. The van der Waals surface area contributed by atoms with E-state index in [-0.39, 0.29) is 0 Å². The molecular formula is C22H32N6. The van der Waals surface area contributed by atoms with Crippen LogP contribution >= 0.6 is 0 Å². The van der Waals surface area contributed by atoms with Gasteiger partial charge >= 0.3 is 0 Å². The molecular weight excluding hydrogens is 348 g/mol. The number of hydrogen-bond donors (Lipinski definition) is 1. The Morgan fingerprint density at radius 2 is 1.57 bits per heavy atom. The molecule has 6 heteroatoms. The molecule has 1 aromatic heterocycles. The number of nitrogen functional groups attached to an aromatic ring is 1. The van der Waals surface area contributed by atoms with E-state index in [2.05, 4.69) is 69.0 Å². The van der Waals surface area contributed by atoms with Gasteiger partial charge in [0.2, 0.25) is 5.95 Å². The minimum atomic E-state index is 0.345. The average molecular weight is 381 g/mol. The van der Waals surface area contributed by atoms with Crippen molar-refractivity contribution in [1.29, 1.82) is 0 Å². The van der Waals surface area contributed by atoms with Crippen molar-refractivity contribution in [1.82, 2.24) is 19.8 Å². The maximum atomic E-state index is 6.04. The Bertz CT molecular complexity index is 776. The van der Waals surface area contributed by atoms with Crippen LogP contribution in [0.3, 0.4) is 0 Å². The zero-order valence-electron chi connectivity index (χ0n) is 17.1. The van der Waals surface area contributed by atoms with Crippen molar-refractivity contribution < 1.29 is 0 Å². The summed E-state index contributed by atoms with van der Waals surface area (Å²) in [5.41, 5.74) is 9.41. The second-order valence-corrected chi connectivity index (χ2v) is 8.15. The molecule has 2 fully saturated rings. The van der Waals surface area contributed by atoms with E-state index in [9.17, 15) is 0 Å². The van der Waals surface area contributed by atoms with E-state index in [1.807, 2.05) is 0 Å². The molecule has 1 aromatic carbocycles. The van der Waals surface area contributed by atoms with Crippen molar-refractivity contribution in [3.05, 3.63) is 35.9 Å². The third-order valence-corrected chi connectivity index (χ3v) is 6.18. The van der Waals surface area contributed by atoms with Crippen LogP contribution in [0, 0.1) is 0 Å². The van der Waals surface area contributed by atoms with Crippen molar-refractivity contribution >= 4 is 11.8 Å². The molecule has 2 N–H and O–H groups in total. The molecule has 6 nitrogen and oxygen atoms in total. The van der Waals surface area contributed by atoms with E-state index in [1.54, 1.807) is 0 Å². The van der Waals surface area contributed by atoms with Crippen LogP contribution in [0.25, 0.3) is 11.3 Å². The molecule has 0 bridgehead atoms. The molecule has 2 aromatic rings. The molecule has 0 unspecified atom stereocenters. The lowest BCUT2D eigenvalue weighted by molar-refractivity contribution is 0.175. The van der Waals surface area contributed by atoms with E-state index >= 15 is 0 Å². The summed E-state index contributed by atoms with van der Waals surface area (Å²) in [4.78, 5) is 16.2. The van der Waals surface area contributed by atoms with Crippen LogP contribution in [0.1, 0.15) is 37.8 Å². The summed E-state index contributed by atoms with van der Waals surface area (Å²) in [6.45, 7) is 8.76. The second kappa shape index (κ2) is 8.45. The van der Waals surface area contributed by atoms with E-state index in [0.717, 1.165) is 43.3 Å². The van der Waals surface area contributed by atoms with Gasteiger partial charge in [-0.2, -0.15) is 4.98 Å². The number of benzene rings is 1. The number of nitrogens with two attached hydrogens (primary N) is 1. The first-order valence-electron chi connectivity index (χ1n) is 10.5. The van der Waals surface area contributed by atoms with Crippen molar-refractivity contribution in [3.8, 4) is 11.3 Å². The zero-order valence-corrected chi connectivity index (χ0v) is 17.1. The van der Waals surface area contributed by atoms with Crippen LogP contribution < -0.4 is 10.6 Å². The van der Waals surface area contributed by atoms with Gasteiger partial charge in [0.15, 0.2) is 0 Å².